The second-order valence-electron chi connectivity index (χ2n) is 5.61. The molecule has 1 aromatic carbocycles. The van der Waals surface area contributed by atoms with Crippen molar-refractivity contribution in [3.05, 3.63) is 28.2 Å². The standard InChI is InChI=1S/C16H20Cl2N2O2/c1-11(21)20(15-4-2-3-5-15)7-6-16(22)19-14-9-12(17)8-13(18)10-14/h8-10,15H,2-7H2,1H3,(H,19,22). The quantitative estimate of drug-likeness (QED) is 0.875. The van der Waals surface area contributed by atoms with Crippen LogP contribution in [0, 0.1) is 0 Å². The van der Waals surface area contributed by atoms with Gasteiger partial charge in [0, 0.05) is 41.7 Å². The molecule has 6 heteroatoms. The van der Waals surface area contributed by atoms with Crippen molar-refractivity contribution in [2.24, 2.45) is 0 Å². The highest BCUT2D eigenvalue weighted by Gasteiger charge is 2.24. The molecule has 0 unspecified atom stereocenters. The van der Waals surface area contributed by atoms with Crippen molar-refractivity contribution < 1.29 is 9.59 Å². The van der Waals surface area contributed by atoms with Gasteiger partial charge in [0.2, 0.25) is 11.8 Å². The van der Waals surface area contributed by atoms with Gasteiger partial charge in [-0.25, -0.2) is 0 Å². The zero-order valence-electron chi connectivity index (χ0n) is 12.6. The van der Waals surface area contributed by atoms with Gasteiger partial charge >= 0.3 is 0 Å². The third-order valence-corrected chi connectivity index (χ3v) is 4.33. The minimum atomic E-state index is -0.150. The third-order valence-electron chi connectivity index (χ3n) is 3.90. The first-order valence-electron chi connectivity index (χ1n) is 7.49. The number of halogens is 2. The summed E-state index contributed by atoms with van der Waals surface area (Å²) in [7, 11) is 0. The van der Waals surface area contributed by atoms with Crippen molar-refractivity contribution in [2.75, 3.05) is 11.9 Å². The highest BCUT2D eigenvalue weighted by molar-refractivity contribution is 6.35. The summed E-state index contributed by atoms with van der Waals surface area (Å²) in [4.78, 5) is 25.6. The number of amides is 2. The van der Waals surface area contributed by atoms with Crippen molar-refractivity contribution in [1.82, 2.24) is 4.90 Å². The number of hydrogen-bond acceptors (Lipinski definition) is 2. The van der Waals surface area contributed by atoms with Crippen molar-refractivity contribution in [2.45, 2.75) is 45.1 Å². The first kappa shape index (κ1) is 17.1. The van der Waals surface area contributed by atoms with E-state index < -0.39 is 0 Å². The van der Waals surface area contributed by atoms with E-state index in [0.29, 0.717) is 22.3 Å². The Balaban J connectivity index is 1.89. The molecule has 1 N–H and O–H groups in total. The molecule has 1 fully saturated rings. The van der Waals surface area contributed by atoms with Gasteiger partial charge in [0.1, 0.15) is 0 Å². The van der Waals surface area contributed by atoms with Gasteiger partial charge in [-0.05, 0) is 31.0 Å². The van der Waals surface area contributed by atoms with Crippen molar-refractivity contribution in [3.63, 3.8) is 0 Å². The first-order chi connectivity index (χ1) is 10.5. The summed E-state index contributed by atoms with van der Waals surface area (Å²) >= 11 is 11.8. The molecule has 0 aliphatic heterocycles. The van der Waals surface area contributed by atoms with Crippen LogP contribution in [0.1, 0.15) is 39.0 Å². The SMILES string of the molecule is CC(=O)N(CCC(=O)Nc1cc(Cl)cc(Cl)c1)C1CCCC1. The van der Waals surface area contributed by atoms with Crippen LogP contribution >= 0.6 is 23.2 Å². The molecule has 0 atom stereocenters. The number of carbonyl (C=O) groups is 2. The molecule has 2 rings (SSSR count). The second kappa shape index (κ2) is 7.84. The maximum absolute atomic E-state index is 12.0. The van der Waals surface area contributed by atoms with E-state index in [9.17, 15) is 9.59 Å². The maximum atomic E-state index is 12.0. The van der Waals surface area contributed by atoms with Gasteiger partial charge in [-0.1, -0.05) is 36.0 Å². The Labute approximate surface area is 140 Å². The lowest BCUT2D eigenvalue weighted by atomic mass is 10.2. The molecule has 1 saturated carbocycles. The zero-order chi connectivity index (χ0) is 16.1. The number of carbonyl (C=O) groups excluding carboxylic acids is 2. The van der Waals surface area contributed by atoms with Gasteiger partial charge in [-0.15, -0.1) is 0 Å². The van der Waals surface area contributed by atoms with Crippen LogP contribution in [0.25, 0.3) is 0 Å². The molecule has 0 saturated heterocycles. The van der Waals surface area contributed by atoms with E-state index in [0.717, 1.165) is 25.7 Å². The lowest BCUT2D eigenvalue weighted by Gasteiger charge is -2.27. The summed E-state index contributed by atoms with van der Waals surface area (Å²) in [5.74, 6) is -0.118. The lowest BCUT2D eigenvalue weighted by molar-refractivity contribution is -0.131. The molecule has 0 aromatic heterocycles. The third kappa shape index (κ3) is 4.89. The molecule has 0 radical (unpaired) electrons. The summed E-state index contributed by atoms with van der Waals surface area (Å²) in [6.45, 7) is 2.01. The fourth-order valence-corrected chi connectivity index (χ4v) is 3.41. The van der Waals surface area contributed by atoms with Crippen LogP contribution in [0.15, 0.2) is 18.2 Å². The summed E-state index contributed by atoms with van der Waals surface area (Å²) < 4.78 is 0. The fourth-order valence-electron chi connectivity index (χ4n) is 2.88. The maximum Gasteiger partial charge on any atom is 0.226 e. The van der Waals surface area contributed by atoms with Crippen molar-refractivity contribution in [3.8, 4) is 0 Å². The molecule has 4 nitrogen and oxygen atoms in total. The predicted octanol–water partition coefficient (Wildman–Crippen LogP) is 4.11. The smallest absolute Gasteiger partial charge is 0.226 e. The van der Waals surface area contributed by atoms with Gasteiger partial charge in [0.05, 0.1) is 0 Å². The summed E-state index contributed by atoms with van der Waals surface area (Å²) in [6, 6.07) is 5.18. The molecule has 0 spiro atoms. The van der Waals surface area contributed by atoms with Crippen molar-refractivity contribution >= 4 is 40.7 Å². The highest BCUT2D eigenvalue weighted by Crippen LogP contribution is 2.24. The number of nitrogens with zero attached hydrogens (tertiary/aromatic N) is 1. The van der Waals surface area contributed by atoms with Crippen LogP contribution in [0.2, 0.25) is 10.0 Å². The monoisotopic (exact) mass is 342 g/mol. The molecule has 0 heterocycles. The Morgan fingerprint density at radius 3 is 2.32 bits per heavy atom. The van der Waals surface area contributed by atoms with Gasteiger partial charge in [0.25, 0.3) is 0 Å². The van der Waals surface area contributed by atoms with Gasteiger partial charge < -0.3 is 10.2 Å². The van der Waals surface area contributed by atoms with E-state index in [1.165, 1.54) is 0 Å². The molecule has 120 valence electrons. The van der Waals surface area contributed by atoms with Crippen molar-refractivity contribution in [1.29, 1.82) is 0 Å². The average molecular weight is 343 g/mol. The van der Waals surface area contributed by atoms with E-state index in [-0.39, 0.29) is 24.3 Å². The minimum absolute atomic E-state index is 0.0329. The molecule has 2 amide bonds. The Kier molecular flexibility index (Phi) is 6.09. The fraction of sp³-hybridized carbons (Fsp3) is 0.500. The molecule has 22 heavy (non-hydrogen) atoms. The Bertz CT molecular complexity index is 537. The molecule has 1 aromatic rings. The van der Waals surface area contributed by atoms with E-state index in [1.54, 1.807) is 25.1 Å². The van der Waals surface area contributed by atoms with Crippen LogP contribution in [-0.2, 0) is 9.59 Å². The largest absolute Gasteiger partial charge is 0.339 e. The summed E-state index contributed by atoms with van der Waals surface area (Å²) in [5, 5.41) is 3.71. The summed E-state index contributed by atoms with van der Waals surface area (Å²) in [6.07, 6.45) is 4.64. The Morgan fingerprint density at radius 1 is 1.18 bits per heavy atom. The van der Waals surface area contributed by atoms with Crippen LogP contribution in [0.4, 0.5) is 5.69 Å². The number of hydrogen-bond donors (Lipinski definition) is 1. The zero-order valence-corrected chi connectivity index (χ0v) is 14.1. The van der Waals surface area contributed by atoms with E-state index in [4.69, 9.17) is 23.2 Å². The molecular formula is C16H20Cl2N2O2. The lowest BCUT2D eigenvalue weighted by Crippen LogP contribution is -2.39. The first-order valence-corrected chi connectivity index (χ1v) is 8.24. The van der Waals surface area contributed by atoms with Gasteiger partial charge in [0.15, 0.2) is 0 Å². The molecule has 1 aliphatic rings. The van der Waals surface area contributed by atoms with E-state index in [1.807, 2.05) is 4.90 Å². The van der Waals surface area contributed by atoms with Gasteiger partial charge in [-0.2, -0.15) is 0 Å². The van der Waals surface area contributed by atoms with Crippen LogP contribution in [0.5, 0.6) is 0 Å². The van der Waals surface area contributed by atoms with Crippen LogP contribution in [-0.4, -0.2) is 29.3 Å². The topological polar surface area (TPSA) is 49.4 Å². The number of benzene rings is 1. The highest BCUT2D eigenvalue weighted by atomic mass is 35.5. The number of rotatable bonds is 5. The molecule has 1 aliphatic carbocycles. The van der Waals surface area contributed by atoms with E-state index >= 15 is 0 Å². The normalized spacial score (nSPS) is 14.9. The average Bonchev–Trinajstić information content (AvgIpc) is 2.91. The number of anilines is 1. The van der Waals surface area contributed by atoms with Crippen LogP contribution < -0.4 is 5.32 Å². The predicted molar refractivity (Wildman–Crippen MR) is 89.4 cm³/mol. The van der Waals surface area contributed by atoms with Gasteiger partial charge in [-0.3, -0.25) is 9.59 Å². The number of nitrogens with one attached hydrogen (secondary N) is 1. The second-order valence-corrected chi connectivity index (χ2v) is 6.48. The van der Waals surface area contributed by atoms with E-state index in [2.05, 4.69) is 5.32 Å². The molecular weight excluding hydrogens is 323 g/mol. The Hall–Kier alpha value is -1.26. The van der Waals surface area contributed by atoms with Crippen LogP contribution in [0.3, 0.4) is 0 Å². The Morgan fingerprint density at radius 2 is 1.77 bits per heavy atom. The minimum Gasteiger partial charge on any atom is -0.339 e. The summed E-state index contributed by atoms with van der Waals surface area (Å²) in [5.41, 5.74) is 0.567. The molecule has 0 bridgehead atoms.